The zero-order valence-electron chi connectivity index (χ0n) is 10.2. The number of likely N-dealkylation sites (tertiary alicyclic amines) is 1. The summed E-state index contributed by atoms with van der Waals surface area (Å²) in [6.45, 7) is 6.56. The molecule has 0 saturated carbocycles. The normalized spacial score (nSPS) is 36.2. The van der Waals surface area contributed by atoms with Gasteiger partial charge in [0.05, 0.1) is 6.26 Å². The van der Waals surface area contributed by atoms with Crippen LogP contribution in [0.25, 0.3) is 0 Å². The van der Waals surface area contributed by atoms with Crippen molar-refractivity contribution >= 4 is 0 Å². The quantitative estimate of drug-likeness (QED) is 0.667. The first-order valence-electron chi connectivity index (χ1n) is 6.29. The predicted molar refractivity (Wildman–Crippen MR) is 66.3 cm³/mol. The van der Waals surface area contributed by atoms with Crippen LogP contribution in [0, 0.1) is 0 Å². The van der Waals surface area contributed by atoms with Crippen LogP contribution in [0.3, 0.4) is 0 Å². The van der Waals surface area contributed by atoms with Crippen LogP contribution >= 0.6 is 0 Å². The van der Waals surface area contributed by atoms with E-state index < -0.39 is 0 Å². The van der Waals surface area contributed by atoms with Crippen molar-refractivity contribution in [2.24, 2.45) is 0 Å². The van der Waals surface area contributed by atoms with Gasteiger partial charge in [-0.15, -0.1) is 0 Å². The molecule has 0 bridgehead atoms. The fraction of sp³-hybridized carbons (Fsp3) is 0.692. The molecule has 16 heavy (non-hydrogen) atoms. The van der Waals surface area contributed by atoms with Gasteiger partial charge < -0.3 is 15.3 Å². The number of aliphatic hydroxyl groups is 1. The lowest BCUT2D eigenvalue weighted by Crippen LogP contribution is -2.27. The summed E-state index contributed by atoms with van der Waals surface area (Å²) in [5.41, 5.74) is 2.29. The molecule has 2 atom stereocenters. The maximum absolute atomic E-state index is 9.29. The number of aliphatic hydroxyl groups excluding tert-OH is 1. The number of piperidine rings is 1. The van der Waals surface area contributed by atoms with Gasteiger partial charge in [0.15, 0.2) is 0 Å². The maximum Gasteiger partial charge on any atom is 0.0843 e. The largest absolute Gasteiger partial charge is 0.515 e. The van der Waals surface area contributed by atoms with Gasteiger partial charge in [-0.2, -0.15) is 0 Å². The van der Waals surface area contributed by atoms with Crippen LogP contribution in [0.4, 0.5) is 0 Å². The van der Waals surface area contributed by atoms with Gasteiger partial charge in [0.1, 0.15) is 0 Å². The Bertz CT molecular complexity index is 303. The Morgan fingerprint density at radius 2 is 1.75 bits per heavy atom. The lowest BCUT2D eigenvalue weighted by Gasteiger charge is -2.26. The molecule has 0 amide bonds. The second kappa shape index (κ2) is 4.91. The summed E-state index contributed by atoms with van der Waals surface area (Å²) >= 11 is 0. The fourth-order valence-electron chi connectivity index (χ4n) is 2.67. The summed E-state index contributed by atoms with van der Waals surface area (Å²) in [7, 11) is 0. The first-order valence-corrected chi connectivity index (χ1v) is 6.29. The van der Waals surface area contributed by atoms with Gasteiger partial charge in [-0.25, -0.2) is 0 Å². The van der Waals surface area contributed by atoms with Crippen molar-refractivity contribution in [3.05, 3.63) is 23.6 Å². The lowest BCUT2D eigenvalue weighted by atomic mass is 10.0. The minimum absolute atomic E-state index is 0.260. The number of hydrogen-bond donors (Lipinski definition) is 2. The highest BCUT2D eigenvalue weighted by Crippen LogP contribution is 2.26. The third-order valence-electron chi connectivity index (χ3n) is 3.62. The van der Waals surface area contributed by atoms with Crippen molar-refractivity contribution in [3.8, 4) is 0 Å². The molecule has 0 aromatic rings. The Hall–Kier alpha value is -0.960. The molecule has 90 valence electrons. The molecule has 0 radical (unpaired) electrons. The van der Waals surface area contributed by atoms with E-state index in [1.165, 1.54) is 31.1 Å². The summed E-state index contributed by atoms with van der Waals surface area (Å²) in [6, 6.07) is 0.603. The van der Waals surface area contributed by atoms with Crippen LogP contribution in [0.5, 0.6) is 0 Å². The average molecular weight is 222 g/mol. The minimum Gasteiger partial charge on any atom is -0.515 e. The van der Waals surface area contributed by atoms with Gasteiger partial charge in [0.25, 0.3) is 0 Å². The van der Waals surface area contributed by atoms with Crippen molar-refractivity contribution in [1.82, 2.24) is 10.2 Å². The van der Waals surface area contributed by atoms with Crippen LogP contribution in [-0.4, -0.2) is 35.2 Å². The van der Waals surface area contributed by atoms with E-state index in [9.17, 15) is 5.11 Å². The Kier molecular flexibility index (Phi) is 3.54. The van der Waals surface area contributed by atoms with Crippen LogP contribution < -0.4 is 5.32 Å². The van der Waals surface area contributed by atoms with Gasteiger partial charge in [0, 0.05) is 36.9 Å². The molecule has 2 saturated heterocycles. The number of nitrogens with one attached hydrogen (secondary N) is 1. The van der Waals surface area contributed by atoms with Gasteiger partial charge in [-0.1, -0.05) is 0 Å². The van der Waals surface area contributed by atoms with Crippen molar-refractivity contribution < 1.29 is 5.11 Å². The molecule has 3 heteroatoms. The number of hydrogen-bond acceptors (Lipinski definition) is 3. The highest BCUT2D eigenvalue weighted by Gasteiger charge is 2.28. The fourth-order valence-corrected chi connectivity index (χ4v) is 2.67. The van der Waals surface area contributed by atoms with E-state index in [1.54, 1.807) is 0 Å². The van der Waals surface area contributed by atoms with Crippen molar-refractivity contribution in [2.45, 2.75) is 45.2 Å². The minimum atomic E-state index is 0.260. The molecule has 0 aliphatic carbocycles. The van der Waals surface area contributed by atoms with Crippen molar-refractivity contribution in [3.63, 3.8) is 0 Å². The highest BCUT2D eigenvalue weighted by molar-refractivity contribution is 5.41. The highest BCUT2D eigenvalue weighted by atomic mass is 16.2. The summed E-state index contributed by atoms with van der Waals surface area (Å²) in [5, 5.41) is 12.7. The number of rotatable bonds is 1. The smallest absolute Gasteiger partial charge is 0.0843 e. The van der Waals surface area contributed by atoms with Crippen LogP contribution in [0.1, 0.15) is 33.1 Å². The molecule has 2 aliphatic heterocycles. The molecular weight excluding hydrogens is 200 g/mol. The van der Waals surface area contributed by atoms with Gasteiger partial charge in [0.2, 0.25) is 0 Å². The summed E-state index contributed by atoms with van der Waals surface area (Å²) in [6.07, 6.45) is 7.44. The maximum atomic E-state index is 9.29. The molecule has 2 rings (SSSR count). The Labute approximate surface area is 97.8 Å². The van der Waals surface area contributed by atoms with E-state index in [2.05, 4.69) is 30.3 Å². The second-order valence-corrected chi connectivity index (χ2v) is 4.88. The Morgan fingerprint density at radius 3 is 2.38 bits per heavy atom. The second-order valence-electron chi connectivity index (χ2n) is 4.88. The van der Waals surface area contributed by atoms with Gasteiger partial charge in [-0.05, 0) is 38.7 Å². The topological polar surface area (TPSA) is 35.5 Å². The van der Waals surface area contributed by atoms with Crippen LogP contribution in [0.15, 0.2) is 23.6 Å². The van der Waals surface area contributed by atoms with Crippen molar-refractivity contribution in [1.29, 1.82) is 0 Å². The zero-order chi connectivity index (χ0) is 11.5. The molecule has 2 heterocycles. The Morgan fingerprint density at radius 1 is 1.12 bits per heavy atom. The van der Waals surface area contributed by atoms with E-state index in [4.69, 9.17) is 0 Å². The van der Waals surface area contributed by atoms with Crippen LogP contribution in [-0.2, 0) is 0 Å². The molecule has 0 aromatic carbocycles. The third-order valence-corrected chi connectivity index (χ3v) is 3.62. The van der Waals surface area contributed by atoms with E-state index in [1.807, 2.05) is 0 Å². The van der Waals surface area contributed by atoms with Gasteiger partial charge >= 0.3 is 0 Å². The average Bonchev–Trinajstić information content (AvgIpc) is 2.55. The molecular formula is C13H22N2O. The standard InChI is InChI=1S/C13H22N2O/c1-10-12(13(9-16)11(2)14-10)8-15-6-4-3-5-7-15/h8-11,14,16H,3-7H2,1-2H3. The molecule has 0 aromatic heterocycles. The third kappa shape index (κ3) is 2.24. The van der Waals surface area contributed by atoms with E-state index in [0.29, 0.717) is 6.04 Å². The van der Waals surface area contributed by atoms with E-state index in [0.717, 1.165) is 18.7 Å². The Balaban J connectivity index is 2.14. The van der Waals surface area contributed by atoms with Crippen molar-refractivity contribution in [2.75, 3.05) is 13.1 Å². The summed E-state index contributed by atoms with van der Waals surface area (Å²) in [5.74, 6) is 0. The number of nitrogens with zero attached hydrogens (tertiary/aromatic N) is 1. The lowest BCUT2D eigenvalue weighted by molar-refractivity contribution is 0.307. The molecule has 2 fully saturated rings. The SMILES string of the molecule is CC1NC(C)C(=CN2CCCCC2)C1=CO. The zero-order valence-corrected chi connectivity index (χ0v) is 10.2. The van der Waals surface area contributed by atoms with E-state index >= 15 is 0 Å². The molecule has 2 N–H and O–H groups in total. The summed E-state index contributed by atoms with van der Waals surface area (Å²) in [4.78, 5) is 2.39. The van der Waals surface area contributed by atoms with Crippen LogP contribution in [0.2, 0.25) is 0 Å². The molecule has 2 aliphatic rings. The monoisotopic (exact) mass is 222 g/mol. The summed E-state index contributed by atoms with van der Waals surface area (Å²) < 4.78 is 0. The molecule has 2 unspecified atom stereocenters. The first kappa shape index (κ1) is 11.5. The first-order chi connectivity index (χ1) is 7.72. The van der Waals surface area contributed by atoms with E-state index in [-0.39, 0.29) is 6.04 Å². The molecule has 0 spiro atoms. The molecule has 3 nitrogen and oxygen atoms in total. The predicted octanol–water partition coefficient (Wildman–Crippen LogP) is 2.18. The van der Waals surface area contributed by atoms with Gasteiger partial charge in [-0.3, -0.25) is 0 Å².